The lowest BCUT2D eigenvalue weighted by atomic mass is 10.0. The molecule has 2 aromatic heterocycles. The van der Waals surface area contributed by atoms with Crippen LogP contribution in [0.1, 0.15) is 57.8 Å². The highest BCUT2D eigenvalue weighted by molar-refractivity contribution is 7.11. The zero-order valence-corrected chi connectivity index (χ0v) is 14.7. The third-order valence-corrected chi connectivity index (χ3v) is 5.51. The maximum atomic E-state index is 12.3. The van der Waals surface area contributed by atoms with Crippen molar-refractivity contribution in [2.45, 2.75) is 58.9 Å². The first kappa shape index (κ1) is 16.2. The Kier molecular flexibility index (Phi) is 5.10. The van der Waals surface area contributed by atoms with Gasteiger partial charge in [0.05, 0.1) is 22.5 Å². The number of fused-ring (bicyclic) bond motifs is 1. The first-order valence-corrected chi connectivity index (χ1v) is 9.28. The summed E-state index contributed by atoms with van der Waals surface area (Å²) >= 11 is 1.82. The van der Waals surface area contributed by atoms with Crippen LogP contribution < -0.4 is 5.32 Å². The maximum Gasteiger partial charge on any atom is 0.254 e. The van der Waals surface area contributed by atoms with Crippen LogP contribution in [-0.4, -0.2) is 27.2 Å². The van der Waals surface area contributed by atoms with Crippen molar-refractivity contribution in [3.8, 4) is 0 Å². The van der Waals surface area contributed by atoms with Gasteiger partial charge in [0.25, 0.3) is 5.91 Å². The molecule has 0 saturated carbocycles. The van der Waals surface area contributed by atoms with Gasteiger partial charge < -0.3 is 5.32 Å². The van der Waals surface area contributed by atoms with Crippen molar-refractivity contribution in [3.05, 3.63) is 33.0 Å². The second-order valence-corrected chi connectivity index (χ2v) is 7.23. The van der Waals surface area contributed by atoms with Crippen molar-refractivity contribution in [2.24, 2.45) is 0 Å². The zero-order valence-electron chi connectivity index (χ0n) is 13.9. The van der Waals surface area contributed by atoms with Crippen molar-refractivity contribution in [2.75, 3.05) is 6.54 Å². The van der Waals surface area contributed by atoms with Gasteiger partial charge in [0.2, 0.25) is 0 Å². The predicted molar refractivity (Wildman–Crippen MR) is 92.0 cm³/mol. The van der Waals surface area contributed by atoms with Gasteiger partial charge >= 0.3 is 0 Å². The Balaban J connectivity index is 1.54. The van der Waals surface area contributed by atoms with E-state index in [1.54, 1.807) is 6.20 Å². The number of carbonyl (C=O) groups excluding carboxylic acids is 1. The summed E-state index contributed by atoms with van der Waals surface area (Å²) in [7, 11) is 0. The number of carbonyl (C=O) groups is 1. The molecule has 23 heavy (non-hydrogen) atoms. The van der Waals surface area contributed by atoms with Gasteiger partial charge in [-0.1, -0.05) is 6.92 Å². The van der Waals surface area contributed by atoms with Gasteiger partial charge in [0.15, 0.2) is 0 Å². The van der Waals surface area contributed by atoms with Crippen molar-refractivity contribution < 1.29 is 4.79 Å². The number of rotatable bonds is 6. The topological polar surface area (TPSA) is 59.8 Å². The van der Waals surface area contributed by atoms with Gasteiger partial charge in [0.1, 0.15) is 0 Å². The molecule has 0 bridgehead atoms. The number of aromatic nitrogens is 3. The van der Waals surface area contributed by atoms with Gasteiger partial charge in [-0.15, -0.1) is 11.3 Å². The Morgan fingerprint density at radius 3 is 3.00 bits per heavy atom. The number of nitrogens with one attached hydrogen (secondary N) is 1. The molecule has 0 aliphatic heterocycles. The average Bonchev–Trinajstić information content (AvgIpc) is 3.11. The van der Waals surface area contributed by atoms with Crippen molar-refractivity contribution in [1.29, 1.82) is 0 Å². The molecule has 0 aromatic carbocycles. The fourth-order valence-electron chi connectivity index (χ4n) is 3.00. The van der Waals surface area contributed by atoms with E-state index in [1.807, 2.05) is 22.9 Å². The van der Waals surface area contributed by atoms with Crippen LogP contribution in [0.5, 0.6) is 0 Å². The molecule has 0 radical (unpaired) electrons. The molecular weight excluding hydrogens is 308 g/mol. The van der Waals surface area contributed by atoms with E-state index in [0.717, 1.165) is 36.5 Å². The molecule has 0 unspecified atom stereocenters. The summed E-state index contributed by atoms with van der Waals surface area (Å²) in [5.41, 5.74) is 2.91. The second-order valence-electron chi connectivity index (χ2n) is 6.06. The summed E-state index contributed by atoms with van der Waals surface area (Å²) in [4.78, 5) is 18.5. The fraction of sp³-hybridized carbons (Fsp3) is 0.588. The quantitative estimate of drug-likeness (QED) is 0.885. The molecule has 2 heterocycles. The summed E-state index contributed by atoms with van der Waals surface area (Å²) in [5, 5.41) is 8.43. The van der Waals surface area contributed by atoms with Crippen LogP contribution in [0.15, 0.2) is 6.20 Å². The number of hydrogen-bond donors (Lipinski definition) is 1. The summed E-state index contributed by atoms with van der Waals surface area (Å²) in [6.45, 7) is 5.54. The summed E-state index contributed by atoms with van der Waals surface area (Å²) in [6.07, 6.45) is 8.33. The van der Waals surface area contributed by atoms with Gasteiger partial charge in [-0.05, 0) is 39.0 Å². The highest BCUT2D eigenvalue weighted by Gasteiger charge is 2.16. The molecule has 3 rings (SSSR count). The number of amides is 1. The monoisotopic (exact) mass is 332 g/mol. The van der Waals surface area contributed by atoms with Gasteiger partial charge in [-0.3, -0.25) is 9.48 Å². The summed E-state index contributed by atoms with van der Waals surface area (Å²) < 4.78 is 1.89. The van der Waals surface area contributed by atoms with E-state index in [1.165, 1.54) is 29.8 Å². The van der Waals surface area contributed by atoms with Gasteiger partial charge in [-0.2, -0.15) is 5.10 Å². The molecule has 0 saturated heterocycles. The molecule has 1 aliphatic carbocycles. The number of aryl methyl sites for hydroxylation is 3. The number of nitrogens with zero attached hydrogens (tertiary/aromatic N) is 3. The van der Waals surface area contributed by atoms with Gasteiger partial charge in [0, 0.05) is 30.1 Å². The lowest BCUT2D eigenvalue weighted by molar-refractivity contribution is 0.0953. The highest BCUT2D eigenvalue weighted by atomic mass is 32.1. The van der Waals surface area contributed by atoms with E-state index >= 15 is 0 Å². The lowest BCUT2D eigenvalue weighted by Gasteiger charge is -2.06. The third kappa shape index (κ3) is 3.63. The zero-order chi connectivity index (χ0) is 16.2. The molecule has 0 atom stereocenters. The average molecular weight is 332 g/mol. The molecule has 0 spiro atoms. The van der Waals surface area contributed by atoms with E-state index in [4.69, 9.17) is 4.98 Å². The largest absolute Gasteiger partial charge is 0.352 e. The van der Waals surface area contributed by atoms with Crippen LogP contribution in [0.4, 0.5) is 0 Å². The van der Waals surface area contributed by atoms with Crippen LogP contribution >= 0.6 is 11.3 Å². The van der Waals surface area contributed by atoms with Crippen LogP contribution in [-0.2, 0) is 25.8 Å². The standard InChI is InChI=1S/C17H24N4OS/c1-3-10-21-12(2)13(11-19-21)17(22)18-9-8-16-20-14-6-4-5-7-15(14)23-16/h11H,3-10H2,1-2H3,(H,18,22). The summed E-state index contributed by atoms with van der Waals surface area (Å²) in [5.74, 6) is -0.0360. The fourth-order valence-corrected chi connectivity index (χ4v) is 4.15. The van der Waals surface area contributed by atoms with E-state index in [0.29, 0.717) is 12.1 Å². The highest BCUT2D eigenvalue weighted by Crippen LogP contribution is 2.26. The first-order chi connectivity index (χ1) is 11.2. The molecule has 1 aliphatic rings. The van der Waals surface area contributed by atoms with E-state index in [2.05, 4.69) is 17.3 Å². The number of thiazole rings is 1. The first-order valence-electron chi connectivity index (χ1n) is 8.47. The van der Waals surface area contributed by atoms with Crippen LogP contribution in [0.2, 0.25) is 0 Å². The molecule has 5 nitrogen and oxygen atoms in total. The van der Waals surface area contributed by atoms with Crippen LogP contribution in [0.3, 0.4) is 0 Å². The summed E-state index contributed by atoms with van der Waals surface area (Å²) in [6, 6.07) is 0. The molecular formula is C17H24N4OS. The minimum atomic E-state index is -0.0360. The number of hydrogen-bond acceptors (Lipinski definition) is 4. The predicted octanol–water partition coefficient (Wildman–Crippen LogP) is 2.91. The van der Waals surface area contributed by atoms with E-state index in [9.17, 15) is 4.79 Å². The Labute approximate surface area is 141 Å². The van der Waals surface area contributed by atoms with E-state index in [-0.39, 0.29) is 5.91 Å². The molecule has 6 heteroatoms. The molecule has 0 fully saturated rings. The normalized spacial score (nSPS) is 13.8. The Morgan fingerprint density at radius 1 is 1.39 bits per heavy atom. The smallest absolute Gasteiger partial charge is 0.254 e. The lowest BCUT2D eigenvalue weighted by Crippen LogP contribution is -2.26. The van der Waals surface area contributed by atoms with Gasteiger partial charge in [-0.25, -0.2) is 4.98 Å². The minimum absolute atomic E-state index is 0.0360. The molecule has 1 amide bonds. The SMILES string of the molecule is CCCn1ncc(C(=O)NCCc2nc3c(s2)CCCC3)c1C. The van der Waals surface area contributed by atoms with Crippen molar-refractivity contribution in [3.63, 3.8) is 0 Å². The van der Waals surface area contributed by atoms with Crippen molar-refractivity contribution in [1.82, 2.24) is 20.1 Å². The Hall–Kier alpha value is -1.69. The van der Waals surface area contributed by atoms with Crippen LogP contribution in [0.25, 0.3) is 0 Å². The second kappa shape index (κ2) is 7.25. The van der Waals surface area contributed by atoms with E-state index < -0.39 is 0 Å². The van der Waals surface area contributed by atoms with Crippen LogP contribution in [0, 0.1) is 6.92 Å². The van der Waals surface area contributed by atoms with Crippen molar-refractivity contribution >= 4 is 17.2 Å². The molecule has 1 N–H and O–H groups in total. The maximum absolute atomic E-state index is 12.3. The third-order valence-electron chi connectivity index (χ3n) is 4.30. The molecule has 2 aromatic rings. The minimum Gasteiger partial charge on any atom is -0.352 e. The Bertz CT molecular complexity index is 665. The molecule has 124 valence electrons. The Morgan fingerprint density at radius 2 is 2.22 bits per heavy atom.